The smallest absolute Gasteiger partial charge is 0.151 e. The van der Waals surface area contributed by atoms with E-state index in [1.165, 1.54) is 50.2 Å². The van der Waals surface area contributed by atoms with Crippen LogP contribution >= 0.6 is 0 Å². The van der Waals surface area contributed by atoms with Gasteiger partial charge in [-0.2, -0.15) is 0 Å². The Bertz CT molecular complexity index is 1780. The number of allylic oxidation sites excluding steroid dienone is 2. The summed E-state index contributed by atoms with van der Waals surface area (Å²) in [5.41, 5.74) is 13.3. The van der Waals surface area contributed by atoms with E-state index in [0.717, 1.165) is 22.9 Å². The lowest BCUT2D eigenvalue weighted by Crippen LogP contribution is -2.32. The zero-order chi connectivity index (χ0) is 26.7. The number of fused-ring (bicyclic) bond motifs is 4. The van der Waals surface area contributed by atoms with Crippen LogP contribution in [0.1, 0.15) is 44.4 Å². The third-order valence-corrected chi connectivity index (χ3v) is 8.39. The minimum atomic E-state index is -0.193. The van der Waals surface area contributed by atoms with Gasteiger partial charge in [0, 0.05) is 5.41 Å². The first-order valence-corrected chi connectivity index (χ1v) is 13.6. The summed E-state index contributed by atoms with van der Waals surface area (Å²) in [4.78, 5) is 2.39. The van der Waals surface area contributed by atoms with Crippen LogP contribution in [-0.4, -0.2) is 0 Å². The van der Waals surface area contributed by atoms with Crippen molar-refractivity contribution in [1.82, 2.24) is 0 Å². The van der Waals surface area contributed by atoms with Crippen LogP contribution in [0.15, 0.2) is 115 Å². The topological polar surface area (TPSA) is 12.5 Å². The maximum Gasteiger partial charge on any atom is 0.151 e. The van der Waals surface area contributed by atoms with Gasteiger partial charge in [-0.1, -0.05) is 80.6 Å². The van der Waals surface area contributed by atoms with Crippen LogP contribution in [0, 0.1) is 0 Å². The normalized spacial score (nSPS) is 14.7. The molecular formula is C37H31NO. The van der Waals surface area contributed by atoms with E-state index in [9.17, 15) is 0 Å². The second-order valence-corrected chi connectivity index (χ2v) is 11.1. The van der Waals surface area contributed by atoms with Crippen LogP contribution in [0.3, 0.4) is 0 Å². The van der Waals surface area contributed by atoms with Gasteiger partial charge < -0.3 is 9.64 Å². The van der Waals surface area contributed by atoms with Crippen molar-refractivity contribution >= 4 is 22.6 Å². The number of hydrogen-bond donors (Lipinski definition) is 0. The standard InChI is InChI=1S/C37H31NO/c1-5-24(2)27-20-28(25-12-7-6-8-13-25)22-29(21-27)26-18-19-32-31(23-26)37(3,4)30-14-11-17-35-36(30)38(32)33-15-9-10-16-34(33)39-35/h5-23H,1-4H3. The van der Waals surface area contributed by atoms with Crippen LogP contribution in [0.4, 0.5) is 17.1 Å². The molecular weight excluding hydrogens is 474 g/mol. The average Bonchev–Trinajstić information content (AvgIpc) is 2.98. The predicted molar refractivity (Wildman–Crippen MR) is 164 cm³/mol. The highest BCUT2D eigenvalue weighted by Crippen LogP contribution is 2.59. The van der Waals surface area contributed by atoms with Gasteiger partial charge in [0.05, 0.1) is 17.1 Å². The predicted octanol–water partition coefficient (Wildman–Crippen LogP) is 10.7. The summed E-state index contributed by atoms with van der Waals surface area (Å²) >= 11 is 0. The minimum absolute atomic E-state index is 0.193. The third-order valence-electron chi connectivity index (χ3n) is 8.39. The number of para-hydroxylation sites is 3. The number of benzene rings is 5. The molecule has 0 aliphatic carbocycles. The van der Waals surface area contributed by atoms with E-state index in [2.05, 4.69) is 142 Å². The molecule has 0 N–H and O–H groups in total. The van der Waals surface area contributed by atoms with E-state index in [-0.39, 0.29) is 5.41 Å². The van der Waals surface area contributed by atoms with Crippen molar-refractivity contribution in [3.05, 3.63) is 132 Å². The van der Waals surface area contributed by atoms with Gasteiger partial charge in [0.25, 0.3) is 0 Å². The molecule has 0 saturated heterocycles. The molecule has 39 heavy (non-hydrogen) atoms. The van der Waals surface area contributed by atoms with Gasteiger partial charge in [0.15, 0.2) is 11.5 Å². The van der Waals surface area contributed by atoms with Gasteiger partial charge in [-0.3, -0.25) is 0 Å². The highest BCUT2D eigenvalue weighted by Gasteiger charge is 2.41. The highest BCUT2D eigenvalue weighted by molar-refractivity contribution is 5.94. The zero-order valence-corrected chi connectivity index (χ0v) is 22.8. The summed E-state index contributed by atoms with van der Waals surface area (Å²) in [7, 11) is 0. The molecule has 0 bridgehead atoms. The van der Waals surface area contributed by atoms with Crippen molar-refractivity contribution < 1.29 is 4.74 Å². The monoisotopic (exact) mass is 505 g/mol. The fourth-order valence-corrected chi connectivity index (χ4v) is 6.10. The van der Waals surface area contributed by atoms with Crippen molar-refractivity contribution in [2.45, 2.75) is 33.1 Å². The quantitative estimate of drug-likeness (QED) is 0.237. The molecule has 190 valence electrons. The van der Waals surface area contributed by atoms with E-state index in [1.54, 1.807) is 0 Å². The summed E-state index contributed by atoms with van der Waals surface area (Å²) in [6, 6.07) is 39.4. The Morgan fingerprint density at radius 2 is 1.36 bits per heavy atom. The van der Waals surface area contributed by atoms with E-state index in [1.807, 2.05) is 6.07 Å². The number of anilines is 3. The number of rotatable bonds is 3. The second kappa shape index (κ2) is 8.74. The molecule has 2 heteroatoms. The van der Waals surface area contributed by atoms with Crippen LogP contribution in [0.25, 0.3) is 27.8 Å². The molecule has 0 fully saturated rings. The molecule has 0 spiro atoms. The summed E-state index contributed by atoms with van der Waals surface area (Å²) in [6.07, 6.45) is 2.19. The van der Waals surface area contributed by atoms with Crippen molar-refractivity contribution in [3.63, 3.8) is 0 Å². The molecule has 0 amide bonds. The maximum absolute atomic E-state index is 6.38. The zero-order valence-electron chi connectivity index (χ0n) is 22.8. The molecule has 5 aromatic carbocycles. The Kier molecular flexibility index (Phi) is 5.28. The second-order valence-electron chi connectivity index (χ2n) is 11.1. The van der Waals surface area contributed by atoms with E-state index < -0.39 is 0 Å². The molecule has 2 nitrogen and oxygen atoms in total. The molecule has 2 aliphatic rings. The van der Waals surface area contributed by atoms with Crippen molar-refractivity contribution in [3.8, 4) is 33.8 Å². The summed E-state index contributed by atoms with van der Waals surface area (Å²) in [5, 5.41) is 0. The molecule has 5 aromatic rings. The largest absolute Gasteiger partial charge is 0.453 e. The molecule has 2 heterocycles. The van der Waals surface area contributed by atoms with Crippen LogP contribution in [-0.2, 0) is 5.41 Å². The number of hydrogen-bond acceptors (Lipinski definition) is 2. The first kappa shape index (κ1) is 23.5. The molecule has 0 radical (unpaired) electrons. The fraction of sp³-hybridized carbons (Fsp3) is 0.135. The Hall–Kier alpha value is -4.56. The van der Waals surface area contributed by atoms with Crippen LogP contribution in [0.2, 0.25) is 0 Å². The van der Waals surface area contributed by atoms with Gasteiger partial charge in [-0.05, 0) is 107 Å². The first-order valence-electron chi connectivity index (χ1n) is 13.6. The molecule has 7 rings (SSSR count). The Labute approximate surface area is 230 Å². The Morgan fingerprint density at radius 3 is 2.15 bits per heavy atom. The average molecular weight is 506 g/mol. The Morgan fingerprint density at radius 1 is 0.641 bits per heavy atom. The molecule has 0 unspecified atom stereocenters. The summed E-state index contributed by atoms with van der Waals surface area (Å²) in [5.74, 6) is 1.80. The molecule has 0 saturated carbocycles. The van der Waals surface area contributed by atoms with E-state index in [4.69, 9.17) is 4.74 Å². The molecule has 0 atom stereocenters. The summed E-state index contributed by atoms with van der Waals surface area (Å²) < 4.78 is 6.38. The first-order chi connectivity index (χ1) is 19.0. The van der Waals surface area contributed by atoms with Gasteiger partial charge >= 0.3 is 0 Å². The number of ether oxygens (including phenoxy) is 1. The van der Waals surface area contributed by atoms with Gasteiger partial charge in [0.1, 0.15) is 0 Å². The SMILES string of the molecule is CC=C(C)c1cc(-c2ccccc2)cc(-c2ccc3c(c2)C(C)(C)c2cccc4c2N3c2ccccc2O4)c1. The van der Waals surface area contributed by atoms with E-state index >= 15 is 0 Å². The molecule has 0 aromatic heterocycles. The molecule has 2 aliphatic heterocycles. The van der Waals surface area contributed by atoms with Crippen LogP contribution < -0.4 is 9.64 Å². The lowest BCUT2D eigenvalue weighted by molar-refractivity contribution is 0.471. The van der Waals surface area contributed by atoms with Crippen molar-refractivity contribution in [2.24, 2.45) is 0 Å². The van der Waals surface area contributed by atoms with Gasteiger partial charge in [0.2, 0.25) is 0 Å². The Balaban J connectivity index is 1.45. The summed E-state index contributed by atoms with van der Waals surface area (Å²) in [6.45, 7) is 8.96. The van der Waals surface area contributed by atoms with E-state index in [0.29, 0.717) is 0 Å². The van der Waals surface area contributed by atoms with Crippen LogP contribution in [0.5, 0.6) is 11.5 Å². The fourth-order valence-electron chi connectivity index (χ4n) is 6.10. The maximum atomic E-state index is 6.38. The van der Waals surface area contributed by atoms with Gasteiger partial charge in [-0.15, -0.1) is 0 Å². The lowest BCUT2D eigenvalue weighted by Gasteiger charge is -2.45. The van der Waals surface area contributed by atoms with Crippen molar-refractivity contribution in [2.75, 3.05) is 4.90 Å². The number of nitrogens with zero attached hydrogens (tertiary/aromatic N) is 1. The third kappa shape index (κ3) is 3.63. The lowest BCUT2D eigenvalue weighted by atomic mass is 9.72. The van der Waals surface area contributed by atoms with Crippen molar-refractivity contribution in [1.29, 1.82) is 0 Å². The highest BCUT2D eigenvalue weighted by atomic mass is 16.5. The van der Waals surface area contributed by atoms with Gasteiger partial charge in [-0.25, -0.2) is 0 Å². The minimum Gasteiger partial charge on any atom is -0.453 e.